The molecule has 1 rings (SSSR count). The zero-order chi connectivity index (χ0) is 14.3. The van der Waals surface area contributed by atoms with E-state index in [1.807, 2.05) is 31.2 Å². The van der Waals surface area contributed by atoms with Crippen molar-refractivity contribution in [3.05, 3.63) is 29.8 Å². The third kappa shape index (κ3) is 6.42. The Morgan fingerprint density at radius 2 is 1.89 bits per heavy atom. The average Bonchev–Trinajstić information content (AvgIpc) is 2.30. The molecule has 6 heteroatoms. The predicted molar refractivity (Wildman–Crippen MR) is 69.9 cm³/mol. The molecular weight excluding hydrogens is 248 g/mol. The Kier molecular flexibility index (Phi) is 5.81. The Bertz CT molecular complexity index is 415. The second kappa shape index (κ2) is 7.38. The van der Waals surface area contributed by atoms with E-state index in [-0.39, 0.29) is 13.1 Å². The molecule has 0 unspecified atom stereocenters. The van der Waals surface area contributed by atoms with E-state index in [1.165, 1.54) is 4.90 Å². The van der Waals surface area contributed by atoms with Crippen LogP contribution in [0.3, 0.4) is 0 Å². The lowest BCUT2D eigenvalue weighted by Crippen LogP contribution is -2.39. The van der Waals surface area contributed by atoms with E-state index in [2.05, 4.69) is 0 Å². The first kappa shape index (κ1) is 15.0. The first-order valence-corrected chi connectivity index (χ1v) is 5.89. The molecule has 0 fully saturated rings. The van der Waals surface area contributed by atoms with Crippen molar-refractivity contribution in [1.82, 2.24) is 4.90 Å². The van der Waals surface area contributed by atoms with Crippen LogP contribution in [-0.2, 0) is 9.59 Å². The van der Waals surface area contributed by atoms with Gasteiger partial charge in [0.2, 0.25) is 5.91 Å². The van der Waals surface area contributed by atoms with Crippen molar-refractivity contribution in [1.29, 1.82) is 0 Å². The standard InChI is InChI=1S/C13H18N2O4/c1-10-2-4-11(5-3-10)19-7-6-15(8-12(14)16)9-13(17)18/h2-5H,6-9H2,1H3,(H2,14,16)(H,17,18). The minimum Gasteiger partial charge on any atom is -0.492 e. The van der Waals surface area contributed by atoms with Crippen LogP contribution in [0.25, 0.3) is 0 Å². The van der Waals surface area contributed by atoms with Crippen molar-refractivity contribution in [2.45, 2.75) is 6.92 Å². The van der Waals surface area contributed by atoms with Gasteiger partial charge in [-0.15, -0.1) is 0 Å². The lowest BCUT2D eigenvalue weighted by molar-refractivity contribution is -0.138. The molecule has 1 aromatic rings. The summed E-state index contributed by atoms with van der Waals surface area (Å²) in [4.78, 5) is 22.9. The van der Waals surface area contributed by atoms with Crippen LogP contribution in [0.15, 0.2) is 24.3 Å². The van der Waals surface area contributed by atoms with Crippen molar-refractivity contribution in [3.63, 3.8) is 0 Å². The lowest BCUT2D eigenvalue weighted by Gasteiger charge is -2.18. The number of carbonyl (C=O) groups is 2. The monoisotopic (exact) mass is 266 g/mol. The Labute approximate surface area is 111 Å². The van der Waals surface area contributed by atoms with E-state index in [1.54, 1.807) is 0 Å². The van der Waals surface area contributed by atoms with Crippen LogP contribution in [0.4, 0.5) is 0 Å². The number of carboxylic acid groups (broad SMARTS) is 1. The number of benzene rings is 1. The van der Waals surface area contributed by atoms with E-state index in [9.17, 15) is 9.59 Å². The Morgan fingerprint density at radius 1 is 1.26 bits per heavy atom. The second-order valence-corrected chi connectivity index (χ2v) is 4.23. The summed E-state index contributed by atoms with van der Waals surface area (Å²) in [6.07, 6.45) is 0. The minimum absolute atomic E-state index is 0.0937. The van der Waals surface area contributed by atoms with Gasteiger partial charge in [-0.1, -0.05) is 17.7 Å². The highest BCUT2D eigenvalue weighted by Crippen LogP contribution is 2.11. The maximum atomic E-state index is 10.8. The zero-order valence-corrected chi connectivity index (χ0v) is 10.8. The molecule has 19 heavy (non-hydrogen) atoms. The molecule has 0 aromatic heterocycles. The summed E-state index contributed by atoms with van der Waals surface area (Å²) < 4.78 is 5.47. The molecule has 104 valence electrons. The van der Waals surface area contributed by atoms with E-state index in [0.29, 0.717) is 18.9 Å². The third-order valence-electron chi connectivity index (χ3n) is 2.44. The van der Waals surface area contributed by atoms with Gasteiger partial charge in [0.15, 0.2) is 0 Å². The minimum atomic E-state index is -1.00. The third-order valence-corrected chi connectivity index (χ3v) is 2.44. The van der Waals surface area contributed by atoms with Crippen molar-refractivity contribution in [2.75, 3.05) is 26.2 Å². The van der Waals surface area contributed by atoms with Crippen molar-refractivity contribution < 1.29 is 19.4 Å². The topological polar surface area (TPSA) is 92.9 Å². The fraction of sp³-hybridized carbons (Fsp3) is 0.385. The molecule has 0 aliphatic heterocycles. The number of aliphatic carboxylic acids is 1. The van der Waals surface area contributed by atoms with E-state index >= 15 is 0 Å². The maximum Gasteiger partial charge on any atom is 0.317 e. The van der Waals surface area contributed by atoms with E-state index in [0.717, 1.165) is 5.56 Å². The summed E-state index contributed by atoms with van der Waals surface area (Å²) in [5, 5.41) is 8.71. The molecule has 0 saturated heterocycles. The van der Waals surface area contributed by atoms with Gasteiger partial charge >= 0.3 is 5.97 Å². The molecule has 1 aromatic carbocycles. The maximum absolute atomic E-state index is 10.8. The Balaban J connectivity index is 2.40. The number of hydrogen-bond acceptors (Lipinski definition) is 4. The molecule has 1 amide bonds. The van der Waals surface area contributed by atoms with Crippen LogP contribution in [0.2, 0.25) is 0 Å². The number of hydrogen-bond donors (Lipinski definition) is 2. The molecule has 0 atom stereocenters. The van der Waals surface area contributed by atoms with Gasteiger partial charge in [0.1, 0.15) is 12.4 Å². The summed E-state index contributed by atoms with van der Waals surface area (Å²) >= 11 is 0. The molecule has 0 aliphatic rings. The molecule has 0 saturated carbocycles. The number of primary amides is 1. The summed E-state index contributed by atoms with van der Waals surface area (Å²) in [5.74, 6) is -0.854. The van der Waals surface area contributed by atoms with Gasteiger partial charge in [-0.05, 0) is 19.1 Å². The number of carbonyl (C=O) groups excluding carboxylic acids is 1. The number of nitrogens with two attached hydrogens (primary N) is 1. The van der Waals surface area contributed by atoms with E-state index < -0.39 is 11.9 Å². The van der Waals surface area contributed by atoms with Crippen molar-refractivity contribution in [2.24, 2.45) is 5.73 Å². The molecule has 6 nitrogen and oxygen atoms in total. The fourth-order valence-corrected chi connectivity index (χ4v) is 1.55. The first-order valence-electron chi connectivity index (χ1n) is 5.89. The van der Waals surface area contributed by atoms with Crippen molar-refractivity contribution in [3.8, 4) is 5.75 Å². The summed E-state index contributed by atoms with van der Waals surface area (Å²) in [7, 11) is 0. The quantitative estimate of drug-likeness (QED) is 0.703. The van der Waals surface area contributed by atoms with Crippen LogP contribution in [0, 0.1) is 6.92 Å². The molecule has 0 spiro atoms. The SMILES string of the molecule is Cc1ccc(OCCN(CC(N)=O)CC(=O)O)cc1. The van der Waals surface area contributed by atoms with Gasteiger partial charge in [-0.2, -0.15) is 0 Å². The molecule has 0 radical (unpaired) electrons. The summed E-state index contributed by atoms with van der Waals surface area (Å²) in [6, 6.07) is 7.53. The van der Waals surface area contributed by atoms with Gasteiger partial charge in [0.25, 0.3) is 0 Å². The Hall–Kier alpha value is -2.08. The van der Waals surface area contributed by atoms with Crippen LogP contribution in [0.1, 0.15) is 5.56 Å². The Morgan fingerprint density at radius 3 is 2.42 bits per heavy atom. The smallest absolute Gasteiger partial charge is 0.317 e. The highest BCUT2D eigenvalue weighted by molar-refractivity contribution is 5.77. The van der Waals surface area contributed by atoms with Crippen molar-refractivity contribution >= 4 is 11.9 Å². The number of aryl methyl sites for hydroxylation is 1. The van der Waals surface area contributed by atoms with Crippen LogP contribution in [-0.4, -0.2) is 48.1 Å². The predicted octanol–water partition coefficient (Wildman–Crippen LogP) is 0.246. The van der Waals surface area contributed by atoms with Crippen LogP contribution >= 0.6 is 0 Å². The number of carboxylic acids is 1. The molecule has 0 aliphatic carbocycles. The largest absolute Gasteiger partial charge is 0.492 e. The molecule has 0 heterocycles. The first-order chi connectivity index (χ1) is 8.97. The highest BCUT2D eigenvalue weighted by atomic mass is 16.5. The highest BCUT2D eigenvalue weighted by Gasteiger charge is 2.12. The normalized spacial score (nSPS) is 10.4. The average molecular weight is 266 g/mol. The fourth-order valence-electron chi connectivity index (χ4n) is 1.55. The van der Waals surface area contributed by atoms with Crippen LogP contribution < -0.4 is 10.5 Å². The van der Waals surface area contributed by atoms with Gasteiger partial charge in [0.05, 0.1) is 13.1 Å². The number of amides is 1. The van der Waals surface area contributed by atoms with Gasteiger partial charge in [-0.25, -0.2) is 0 Å². The second-order valence-electron chi connectivity index (χ2n) is 4.23. The van der Waals surface area contributed by atoms with Gasteiger partial charge in [-0.3, -0.25) is 14.5 Å². The summed E-state index contributed by atoms with van der Waals surface area (Å²) in [5.41, 5.74) is 6.19. The molecular formula is C13H18N2O4. The number of rotatable bonds is 8. The molecule has 3 N–H and O–H groups in total. The zero-order valence-electron chi connectivity index (χ0n) is 10.8. The van der Waals surface area contributed by atoms with E-state index in [4.69, 9.17) is 15.6 Å². The number of ether oxygens (including phenoxy) is 1. The van der Waals surface area contributed by atoms with Gasteiger partial charge < -0.3 is 15.6 Å². The lowest BCUT2D eigenvalue weighted by atomic mass is 10.2. The van der Waals surface area contributed by atoms with Gasteiger partial charge in [0, 0.05) is 6.54 Å². The number of nitrogens with zero attached hydrogens (tertiary/aromatic N) is 1. The molecule has 0 bridgehead atoms. The summed E-state index contributed by atoms with van der Waals surface area (Å²) in [6.45, 7) is 2.27. The van der Waals surface area contributed by atoms with Crippen LogP contribution in [0.5, 0.6) is 5.75 Å².